The first-order valence-electron chi connectivity index (χ1n) is 5.63. The van der Waals surface area contributed by atoms with Gasteiger partial charge in [-0.15, -0.1) is 0 Å². The Labute approximate surface area is 138 Å². The quantitative estimate of drug-likeness (QED) is 0.518. The lowest BCUT2D eigenvalue weighted by Gasteiger charge is -2.09. The molecule has 2 nitrogen and oxygen atoms in total. The Bertz CT molecular complexity index is 777. The van der Waals surface area contributed by atoms with Crippen LogP contribution in [0, 0.1) is 0 Å². The summed E-state index contributed by atoms with van der Waals surface area (Å²) < 4.78 is 6.79. The Morgan fingerprint density at radius 3 is 2.40 bits per heavy atom. The fraction of sp³-hybridized carbons (Fsp3) is 0. The molecule has 0 bridgehead atoms. The summed E-state index contributed by atoms with van der Waals surface area (Å²) in [5, 5.41) is 2.13. The summed E-state index contributed by atoms with van der Waals surface area (Å²) in [6.07, 6.45) is 1.76. The summed E-state index contributed by atoms with van der Waals surface area (Å²) in [6.45, 7) is 0. The number of benzene rings is 2. The number of H-pyrrole nitrogens is 1. The fourth-order valence-corrected chi connectivity index (χ4v) is 3.14. The topological polar surface area (TPSA) is 25.0 Å². The number of halogens is 4. The zero-order valence-corrected chi connectivity index (χ0v) is 13.7. The number of ether oxygens (including phenoxy) is 1. The van der Waals surface area contributed by atoms with Crippen LogP contribution in [0.5, 0.6) is 11.5 Å². The molecule has 0 spiro atoms. The minimum atomic E-state index is 0.367. The number of rotatable bonds is 2. The molecule has 1 N–H and O–H groups in total. The highest BCUT2D eigenvalue weighted by atomic mass is 79.9. The van der Waals surface area contributed by atoms with Gasteiger partial charge < -0.3 is 9.72 Å². The number of hydrogen-bond acceptors (Lipinski definition) is 1. The van der Waals surface area contributed by atoms with E-state index in [0.717, 1.165) is 15.4 Å². The van der Waals surface area contributed by atoms with Crippen molar-refractivity contribution in [2.45, 2.75) is 0 Å². The van der Waals surface area contributed by atoms with Gasteiger partial charge in [0.2, 0.25) is 0 Å². The third kappa shape index (κ3) is 2.63. The van der Waals surface area contributed by atoms with E-state index in [9.17, 15) is 0 Å². The summed E-state index contributed by atoms with van der Waals surface area (Å²) in [7, 11) is 0. The highest BCUT2D eigenvalue weighted by molar-refractivity contribution is 9.10. The molecule has 0 atom stereocenters. The van der Waals surface area contributed by atoms with Crippen molar-refractivity contribution < 1.29 is 4.74 Å². The molecule has 6 heteroatoms. The van der Waals surface area contributed by atoms with Gasteiger partial charge in [-0.05, 0) is 30.3 Å². The third-order valence-corrected chi connectivity index (χ3v) is 4.05. The van der Waals surface area contributed by atoms with E-state index in [-0.39, 0.29) is 0 Å². The van der Waals surface area contributed by atoms with E-state index >= 15 is 0 Å². The maximum atomic E-state index is 6.12. The average Bonchev–Trinajstić information content (AvgIpc) is 2.76. The van der Waals surface area contributed by atoms with Crippen LogP contribution in [0.15, 0.2) is 41.0 Å². The van der Waals surface area contributed by atoms with Crippen molar-refractivity contribution in [3.05, 3.63) is 56.1 Å². The normalized spacial score (nSPS) is 11.0. The van der Waals surface area contributed by atoms with E-state index in [2.05, 4.69) is 20.9 Å². The Morgan fingerprint density at radius 1 is 1.00 bits per heavy atom. The van der Waals surface area contributed by atoms with Crippen LogP contribution in [0.25, 0.3) is 10.9 Å². The molecule has 0 fully saturated rings. The summed E-state index contributed by atoms with van der Waals surface area (Å²) in [4.78, 5) is 3.13. The van der Waals surface area contributed by atoms with Gasteiger partial charge in [-0.3, -0.25) is 0 Å². The Kier molecular flexibility index (Phi) is 3.87. The molecule has 1 aromatic heterocycles. The molecule has 0 aliphatic carbocycles. The van der Waals surface area contributed by atoms with Gasteiger partial charge >= 0.3 is 0 Å². The van der Waals surface area contributed by atoms with E-state index in [4.69, 9.17) is 39.5 Å². The molecule has 3 rings (SSSR count). The zero-order chi connectivity index (χ0) is 14.3. The lowest BCUT2D eigenvalue weighted by Crippen LogP contribution is -1.86. The van der Waals surface area contributed by atoms with Crippen LogP contribution in [-0.4, -0.2) is 4.98 Å². The highest BCUT2D eigenvalue weighted by Gasteiger charge is 2.13. The largest absolute Gasteiger partial charge is 0.452 e. The maximum Gasteiger partial charge on any atom is 0.164 e. The van der Waals surface area contributed by atoms with Crippen LogP contribution in [-0.2, 0) is 0 Å². The van der Waals surface area contributed by atoms with Crippen molar-refractivity contribution in [3.8, 4) is 11.5 Å². The van der Waals surface area contributed by atoms with Gasteiger partial charge in [-0.1, -0.05) is 50.7 Å². The molecule has 0 radical (unpaired) electrons. The predicted molar refractivity (Wildman–Crippen MR) is 87.5 cm³/mol. The Morgan fingerprint density at radius 2 is 1.70 bits per heavy atom. The Balaban J connectivity index is 2.08. The van der Waals surface area contributed by atoms with Crippen molar-refractivity contribution >= 4 is 61.6 Å². The van der Waals surface area contributed by atoms with Gasteiger partial charge in [0, 0.05) is 26.6 Å². The monoisotopic (exact) mass is 389 g/mol. The minimum Gasteiger partial charge on any atom is -0.452 e. The molecule has 3 aromatic rings. The number of aromatic amines is 1. The van der Waals surface area contributed by atoms with E-state index in [1.165, 1.54) is 0 Å². The average molecular weight is 391 g/mol. The summed E-state index contributed by atoms with van der Waals surface area (Å²) in [5.74, 6) is 1.03. The maximum absolute atomic E-state index is 6.12. The molecule has 0 unspecified atom stereocenters. The predicted octanol–water partition coefficient (Wildman–Crippen LogP) is 6.68. The van der Waals surface area contributed by atoms with Crippen LogP contribution < -0.4 is 4.74 Å². The van der Waals surface area contributed by atoms with Crippen LogP contribution in [0.1, 0.15) is 0 Å². The first-order chi connectivity index (χ1) is 9.54. The summed E-state index contributed by atoms with van der Waals surface area (Å²) in [6, 6.07) is 9.05. The number of hydrogen-bond donors (Lipinski definition) is 1. The molecular weight excluding hydrogens is 384 g/mol. The standard InChI is InChI=1S/C14H7BrCl3NO/c15-7-1-2-12-9(3-7)13(6-19-12)20-14-10(17)4-8(16)5-11(14)18/h1-6,19H. The van der Waals surface area contributed by atoms with Gasteiger partial charge in [0.15, 0.2) is 11.5 Å². The molecular formula is C14H7BrCl3NO. The second-order valence-electron chi connectivity index (χ2n) is 4.14. The smallest absolute Gasteiger partial charge is 0.164 e. The minimum absolute atomic E-state index is 0.367. The molecule has 0 amide bonds. The number of nitrogens with one attached hydrogen (secondary N) is 1. The van der Waals surface area contributed by atoms with Crippen molar-refractivity contribution in [2.75, 3.05) is 0 Å². The van der Waals surface area contributed by atoms with E-state index in [1.807, 2.05) is 18.2 Å². The van der Waals surface area contributed by atoms with Crippen LogP contribution in [0.4, 0.5) is 0 Å². The fourth-order valence-electron chi connectivity index (χ4n) is 1.89. The van der Waals surface area contributed by atoms with Crippen LogP contribution in [0.3, 0.4) is 0 Å². The zero-order valence-electron chi connectivity index (χ0n) is 9.88. The van der Waals surface area contributed by atoms with E-state index < -0.39 is 0 Å². The molecule has 0 aliphatic rings. The van der Waals surface area contributed by atoms with Gasteiger partial charge in [-0.25, -0.2) is 0 Å². The Hall–Kier alpha value is -0.870. The van der Waals surface area contributed by atoms with E-state index in [1.54, 1.807) is 18.3 Å². The lowest BCUT2D eigenvalue weighted by atomic mass is 10.2. The highest BCUT2D eigenvalue weighted by Crippen LogP contribution is 2.40. The van der Waals surface area contributed by atoms with E-state index in [0.29, 0.717) is 26.6 Å². The lowest BCUT2D eigenvalue weighted by molar-refractivity contribution is 0.488. The summed E-state index contributed by atoms with van der Waals surface area (Å²) in [5.41, 5.74) is 0.962. The molecule has 2 aromatic carbocycles. The van der Waals surface area contributed by atoms with Gasteiger partial charge in [-0.2, -0.15) is 0 Å². The number of aromatic nitrogens is 1. The second kappa shape index (κ2) is 5.49. The molecule has 102 valence electrons. The van der Waals surface area contributed by atoms with Crippen molar-refractivity contribution in [1.29, 1.82) is 0 Å². The molecule has 20 heavy (non-hydrogen) atoms. The second-order valence-corrected chi connectivity index (χ2v) is 6.31. The molecule has 0 aliphatic heterocycles. The summed E-state index contributed by atoms with van der Waals surface area (Å²) >= 11 is 21.6. The third-order valence-electron chi connectivity index (χ3n) is 2.78. The van der Waals surface area contributed by atoms with Crippen molar-refractivity contribution in [2.24, 2.45) is 0 Å². The SMILES string of the molecule is Clc1cc(Cl)c(Oc2c[nH]c3ccc(Br)cc23)c(Cl)c1. The molecule has 0 saturated carbocycles. The van der Waals surface area contributed by atoms with Crippen molar-refractivity contribution in [3.63, 3.8) is 0 Å². The first kappa shape index (κ1) is 14.1. The molecule has 1 heterocycles. The van der Waals surface area contributed by atoms with Crippen LogP contribution in [0.2, 0.25) is 15.1 Å². The molecule has 0 saturated heterocycles. The van der Waals surface area contributed by atoms with Crippen LogP contribution >= 0.6 is 50.7 Å². The van der Waals surface area contributed by atoms with Gasteiger partial charge in [0.05, 0.1) is 10.0 Å². The van der Waals surface area contributed by atoms with Gasteiger partial charge in [0.1, 0.15) is 0 Å². The number of fused-ring (bicyclic) bond motifs is 1. The van der Waals surface area contributed by atoms with Crippen molar-refractivity contribution in [1.82, 2.24) is 4.98 Å². The first-order valence-corrected chi connectivity index (χ1v) is 7.56. The van der Waals surface area contributed by atoms with Gasteiger partial charge in [0.25, 0.3) is 0 Å².